The first-order valence-corrected chi connectivity index (χ1v) is 4.74. The van der Waals surface area contributed by atoms with Crippen LogP contribution in [0.1, 0.15) is 16.2 Å². The van der Waals surface area contributed by atoms with Crippen molar-refractivity contribution in [1.82, 2.24) is 15.0 Å². The van der Waals surface area contributed by atoms with Crippen LogP contribution in [0.25, 0.3) is 0 Å². The monoisotopic (exact) mass is 238 g/mol. The minimum absolute atomic E-state index is 0.119. The molecule has 82 valence electrons. The van der Waals surface area contributed by atoms with Gasteiger partial charge in [-0.05, 0) is 13.0 Å². The Hall–Kier alpha value is -1.95. The van der Waals surface area contributed by atoms with E-state index in [2.05, 4.69) is 20.3 Å². The highest BCUT2D eigenvalue weighted by Crippen LogP contribution is 2.09. The Bertz CT molecular complexity index is 526. The third-order valence-corrected chi connectivity index (χ3v) is 2.01. The van der Waals surface area contributed by atoms with Gasteiger partial charge < -0.3 is 4.42 Å². The zero-order valence-electron chi connectivity index (χ0n) is 8.27. The number of nitrogens with one attached hydrogen (secondary N) is 1. The molecule has 0 atom stereocenters. The number of hydrogen-bond donors (Lipinski definition) is 1. The summed E-state index contributed by atoms with van der Waals surface area (Å²) < 4.78 is 4.92. The molecule has 1 N–H and O–H groups in total. The van der Waals surface area contributed by atoms with Crippen molar-refractivity contribution >= 4 is 23.5 Å². The van der Waals surface area contributed by atoms with Crippen molar-refractivity contribution in [3.05, 3.63) is 35.3 Å². The normalized spacial score (nSPS) is 10.1. The Morgan fingerprint density at radius 2 is 2.31 bits per heavy atom. The van der Waals surface area contributed by atoms with Gasteiger partial charge >= 0.3 is 0 Å². The number of nitrogens with zero attached hydrogens (tertiary/aromatic N) is 3. The molecule has 16 heavy (non-hydrogen) atoms. The summed E-state index contributed by atoms with van der Waals surface area (Å²) in [6.07, 6.45) is 2.64. The fourth-order valence-electron chi connectivity index (χ4n) is 1.08. The predicted octanol–water partition coefficient (Wildman–Crippen LogP) is 1.68. The number of carbonyl (C=O) groups is 1. The zero-order valence-corrected chi connectivity index (χ0v) is 9.02. The highest BCUT2D eigenvalue weighted by Gasteiger charge is 2.14. The molecule has 6 nitrogen and oxygen atoms in total. The molecule has 0 spiro atoms. The summed E-state index contributed by atoms with van der Waals surface area (Å²) in [4.78, 5) is 23.1. The molecule has 0 bridgehead atoms. The van der Waals surface area contributed by atoms with Gasteiger partial charge in [0, 0.05) is 6.20 Å². The maximum atomic E-state index is 11.6. The van der Waals surface area contributed by atoms with Gasteiger partial charge in [-0.15, -0.1) is 0 Å². The van der Waals surface area contributed by atoms with Crippen LogP contribution in [-0.2, 0) is 0 Å². The highest BCUT2D eigenvalue weighted by atomic mass is 35.5. The summed E-state index contributed by atoms with van der Waals surface area (Å²) >= 11 is 5.65. The van der Waals surface area contributed by atoms with E-state index in [9.17, 15) is 4.79 Å². The molecule has 7 heteroatoms. The molecule has 0 aliphatic heterocycles. The molecular formula is C9H7ClN4O2. The van der Waals surface area contributed by atoms with Crippen molar-refractivity contribution in [3.8, 4) is 0 Å². The van der Waals surface area contributed by atoms with E-state index < -0.39 is 5.91 Å². The summed E-state index contributed by atoms with van der Waals surface area (Å²) in [7, 11) is 0. The summed E-state index contributed by atoms with van der Waals surface area (Å²) in [6.45, 7) is 1.66. The molecule has 0 radical (unpaired) electrons. The summed E-state index contributed by atoms with van der Waals surface area (Å²) in [6, 6.07) is 1.51. The second-order valence-corrected chi connectivity index (χ2v) is 3.31. The third-order valence-electron chi connectivity index (χ3n) is 1.80. The van der Waals surface area contributed by atoms with Gasteiger partial charge in [-0.2, -0.15) is 0 Å². The number of hydrogen-bond acceptors (Lipinski definition) is 5. The Balaban J connectivity index is 2.17. The lowest BCUT2D eigenvalue weighted by Crippen LogP contribution is -2.14. The van der Waals surface area contributed by atoms with Crippen LogP contribution in [0.15, 0.2) is 23.1 Å². The van der Waals surface area contributed by atoms with Crippen LogP contribution in [0.2, 0.25) is 5.15 Å². The fraction of sp³-hybridized carbons (Fsp3) is 0.111. The Kier molecular flexibility index (Phi) is 2.82. The van der Waals surface area contributed by atoms with Crippen LogP contribution >= 0.6 is 11.6 Å². The first-order chi connectivity index (χ1) is 7.66. The molecule has 2 aromatic heterocycles. The molecule has 2 heterocycles. The van der Waals surface area contributed by atoms with E-state index in [4.69, 9.17) is 16.0 Å². The lowest BCUT2D eigenvalue weighted by molar-refractivity contribution is 0.0995. The van der Waals surface area contributed by atoms with Crippen molar-refractivity contribution in [2.24, 2.45) is 0 Å². The Labute approximate surface area is 95.7 Å². The smallest absolute Gasteiger partial charge is 0.295 e. The number of anilines is 1. The van der Waals surface area contributed by atoms with Crippen LogP contribution in [0, 0.1) is 6.92 Å². The summed E-state index contributed by atoms with van der Waals surface area (Å²) in [5, 5.41) is 2.70. The maximum Gasteiger partial charge on any atom is 0.295 e. The van der Waals surface area contributed by atoms with Crippen molar-refractivity contribution in [3.63, 3.8) is 0 Å². The topological polar surface area (TPSA) is 80.9 Å². The Morgan fingerprint density at radius 3 is 2.94 bits per heavy atom. The minimum atomic E-state index is -0.461. The van der Waals surface area contributed by atoms with E-state index in [0.717, 1.165) is 0 Å². The summed E-state index contributed by atoms with van der Waals surface area (Å²) in [5.41, 5.74) is 0.500. The highest BCUT2D eigenvalue weighted by molar-refractivity contribution is 6.29. The number of aromatic nitrogens is 3. The van der Waals surface area contributed by atoms with Crippen molar-refractivity contribution in [2.75, 3.05) is 5.32 Å². The standard InChI is InChI=1S/C9H7ClN4O2/c1-5-7(16-4-12-5)8(15)14-9-11-3-2-6(10)13-9/h2-4H,1H3,(H,11,13,14,15). The molecule has 0 saturated carbocycles. The molecule has 0 aliphatic carbocycles. The van der Waals surface area contributed by atoms with Gasteiger partial charge in [0.15, 0.2) is 6.39 Å². The van der Waals surface area contributed by atoms with Crippen LogP contribution < -0.4 is 5.32 Å². The number of rotatable bonds is 2. The minimum Gasteiger partial charge on any atom is -0.438 e. The fourth-order valence-corrected chi connectivity index (χ4v) is 1.21. The van der Waals surface area contributed by atoms with E-state index in [1.54, 1.807) is 6.92 Å². The maximum absolute atomic E-state index is 11.6. The van der Waals surface area contributed by atoms with Gasteiger partial charge in [0.1, 0.15) is 5.15 Å². The van der Waals surface area contributed by atoms with Gasteiger partial charge in [0.05, 0.1) is 5.69 Å². The molecule has 2 rings (SSSR count). The average molecular weight is 239 g/mol. The molecule has 0 unspecified atom stereocenters. The molecule has 0 aliphatic rings. The van der Waals surface area contributed by atoms with Crippen LogP contribution in [-0.4, -0.2) is 20.9 Å². The first kappa shape index (κ1) is 10.6. The number of carbonyl (C=O) groups excluding carboxylic acids is 1. The first-order valence-electron chi connectivity index (χ1n) is 4.37. The Morgan fingerprint density at radius 1 is 1.50 bits per heavy atom. The SMILES string of the molecule is Cc1ncoc1C(=O)Nc1nccc(Cl)n1. The van der Waals surface area contributed by atoms with E-state index in [1.165, 1.54) is 18.7 Å². The molecule has 0 aromatic carbocycles. The van der Waals surface area contributed by atoms with Crippen LogP contribution in [0.3, 0.4) is 0 Å². The predicted molar refractivity (Wildman–Crippen MR) is 56.2 cm³/mol. The van der Waals surface area contributed by atoms with Crippen molar-refractivity contribution in [1.29, 1.82) is 0 Å². The number of halogens is 1. The average Bonchev–Trinajstić information content (AvgIpc) is 2.64. The quantitative estimate of drug-likeness (QED) is 0.805. The van der Waals surface area contributed by atoms with Gasteiger partial charge in [-0.25, -0.2) is 15.0 Å². The molecule has 2 aromatic rings. The van der Waals surface area contributed by atoms with Gasteiger partial charge in [-0.3, -0.25) is 10.1 Å². The second kappa shape index (κ2) is 4.28. The number of amides is 1. The van der Waals surface area contributed by atoms with Gasteiger partial charge in [0.2, 0.25) is 11.7 Å². The van der Waals surface area contributed by atoms with Crippen molar-refractivity contribution in [2.45, 2.75) is 6.92 Å². The third kappa shape index (κ3) is 2.17. The summed E-state index contributed by atoms with van der Waals surface area (Å²) in [5.74, 6) is -0.214. The number of oxazole rings is 1. The van der Waals surface area contributed by atoms with E-state index in [-0.39, 0.29) is 16.9 Å². The number of aryl methyl sites for hydroxylation is 1. The van der Waals surface area contributed by atoms with E-state index in [0.29, 0.717) is 5.69 Å². The van der Waals surface area contributed by atoms with E-state index >= 15 is 0 Å². The molecule has 0 saturated heterocycles. The van der Waals surface area contributed by atoms with Gasteiger partial charge in [0.25, 0.3) is 5.91 Å². The zero-order chi connectivity index (χ0) is 11.5. The van der Waals surface area contributed by atoms with Gasteiger partial charge in [-0.1, -0.05) is 11.6 Å². The lowest BCUT2D eigenvalue weighted by atomic mass is 10.3. The van der Waals surface area contributed by atoms with Crippen LogP contribution in [0.4, 0.5) is 5.95 Å². The largest absolute Gasteiger partial charge is 0.438 e. The van der Waals surface area contributed by atoms with Crippen LogP contribution in [0.5, 0.6) is 0 Å². The molecular weight excluding hydrogens is 232 g/mol. The van der Waals surface area contributed by atoms with Crippen molar-refractivity contribution < 1.29 is 9.21 Å². The van der Waals surface area contributed by atoms with E-state index in [1.807, 2.05) is 0 Å². The second-order valence-electron chi connectivity index (χ2n) is 2.92. The lowest BCUT2D eigenvalue weighted by Gasteiger charge is -2.00. The molecule has 0 fully saturated rings. The molecule has 1 amide bonds.